The van der Waals surface area contributed by atoms with Crippen molar-refractivity contribution < 1.29 is 28.1 Å². The standard InChI is InChI=1S/C12H11ClO6/c1-16-10-7-8(4-6-11(14)19-13)3-5-9(10)18-12(15)17-2/h3-7H,1-2H3/b6-4+. The van der Waals surface area contributed by atoms with Crippen LogP contribution in [0.1, 0.15) is 5.56 Å². The molecule has 102 valence electrons. The molecule has 0 aliphatic rings. The Hall–Kier alpha value is -2.21. The van der Waals surface area contributed by atoms with Gasteiger partial charge in [0, 0.05) is 6.08 Å². The fraction of sp³-hybridized carbons (Fsp3) is 0.167. The van der Waals surface area contributed by atoms with Crippen molar-refractivity contribution >= 4 is 30.1 Å². The van der Waals surface area contributed by atoms with E-state index in [2.05, 4.69) is 9.03 Å². The van der Waals surface area contributed by atoms with Gasteiger partial charge in [0.1, 0.15) is 11.9 Å². The van der Waals surface area contributed by atoms with Crippen LogP contribution in [0.5, 0.6) is 11.5 Å². The molecule has 0 unspecified atom stereocenters. The van der Waals surface area contributed by atoms with Crippen molar-refractivity contribution in [3.8, 4) is 11.5 Å². The van der Waals surface area contributed by atoms with Gasteiger partial charge in [0.05, 0.1) is 14.2 Å². The van der Waals surface area contributed by atoms with Crippen LogP contribution in [0, 0.1) is 0 Å². The summed E-state index contributed by atoms with van der Waals surface area (Å²) < 4.78 is 18.2. The van der Waals surface area contributed by atoms with E-state index >= 15 is 0 Å². The number of halogens is 1. The minimum atomic E-state index is -0.854. The van der Waals surface area contributed by atoms with Crippen LogP contribution in [0.15, 0.2) is 24.3 Å². The average molecular weight is 287 g/mol. The Morgan fingerprint density at radius 1 is 1.21 bits per heavy atom. The molecule has 0 aliphatic carbocycles. The van der Waals surface area contributed by atoms with Gasteiger partial charge in [-0.15, -0.1) is 0 Å². The molecule has 19 heavy (non-hydrogen) atoms. The molecule has 0 atom stereocenters. The number of carbonyl (C=O) groups is 2. The third-order valence-corrected chi connectivity index (χ3v) is 2.19. The van der Waals surface area contributed by atoms with Gasteiger partial charge in [-0.2, -0.15) is 0 Å². The van der Waals surface area contributed by atoms with E-state index in [1.54, 1.807) is 12.1 Å². The highest BCUT2D eigenvalue weighted by Gasteiger charge is 2.10. The Balaban J connectivity index is 2.92. The van der Waals surface area contributed by atoms with E-state index in [1.807, 2.05) is 0 Å². The SMILES string of the molecule is COC(=O)Oc1ccc(/C=C/C(=O)OCl)cc1OC. The molecule has 0 amide bonds. The van der Waals surface area contributed by atoms with E-state index in [9.17, 15) is 9.59 Å². The first-order chi connectivity index (χ1) is 9.10. The Bertz CT molecular complexity index is 497. The van der Waals surface area contributed by atoms with Gasteiger partial charge >= 0.3 is 12.1 Å². The van der Waals surface area contributed by atoms with Crippen molar-refractivity contribution in [1.82, 2.24) is 0 Å². The average Bonchev–Trinajstić information content (AvgIpc) is 2.45. The summed E-state index contributed by atoms with van der Waals surface area (Å²) >= 11 is 4.88. The first kappa shape index (κ1) is 14.8. The number of carbonyl (C=O) groups excluding carboxylic acids is 2. The minimum absolute atomic E-state index is 0.200. The second kappa shape index (κ2) is 7.27. The van der Waals surface area contributed by atoms with E-state index in [1.165, 1.54) is 26.4 Å². The Labute approximate surface area is 114 Å². The zero-order chi connectivity index (χ0) is 14.3. The molecule has 0 spiro atoms. The summed E-state index contributed by atoms with van der Waals surface area (Å²) in [7, 11) is 2.61. The Kier molecular flexibility index (Phi) is 5.69. The summed E-state index contributed by atoms with van der Waals surface area (Å²) in [6.07, 6.45) is 1.75. The van der Waals surface area contributed by atoms with Gasteiger partial charge in [-0.3, -0.25) is 0 Å². The van der Waals surface area contributed by atoms with Crippen LogP contribution in [0.25, 0.3) is 6.08 Å². The fourth-order valence-electron chi connectivity index (χ4n) is 1.19. The van der Waals surface area contributed by atoms with Gasteiger partial charge in [-0.1, -0.05) is 6.07 Å². The van der Waals surface area contributed by atoms with Gasteiger partial charge in [0.25, 0.3) is 0 Å². The van der Waals surface area contributed by atoms with E-state index in [-0.39, 0.29) is 5.75 Å². The van der Waals surface area contributed by atoms with Crippen molar-refractivity contribution in [2.45, 2.75) is 0 Å². The molecule has 1 aromatic rings. The van der Waals surface area contributed by atoms with Crippen molar-refractivity contribution in [2.75, 3.05) is 14.2 Å². The molecule has 7 heteroatoms. The summed E-state index contributed by atoms with van der Waals surface area (Å²) in [6.45, 7) is 0. The topological polar surface area (TPSA) is 71.1 Å². The summed E-state index contributed by atoms with van der Waals surface area (Å²) in [4.78, 5) is 21.8. The maximum absolute atomic E-state index is 11.0. The van der Waals surface area contributed by atoms with Crippen LogP contribution < -0.4 is 9.47 Å². The number of benzene rings is 1. The number of hydrogen-bond donors (Lipinski definition) is 0. The molecule has 0 bridgehead atoms. The second-order valence-electron chi connectivity index (χ2n) is 3.20. The van der Waals surface area contributed by atoms with Gasteiger partial charge in [-0.25, -0.2) is 9.59 Å². The van der Waals surface area contributed by atoms with Crippen LogP contribution in [0.2, 0.25) is 0 Å². The lowest BCUT2D eigenvalue weighted by atomic mass is 10.2. The molecule has 0 aliphatic heterocycles. The maximum Gasteiger partial charge on any atom is 0.513 e. The van der Waals surface area contributed by atoms with E-state index in [0.717, 1.165) is 6.08 Å². The van der Waals surface area contributed by atoms with E-state index in [0.29, 0.717) is 11.3 Å². The van der Waals surface area contributed by atoms with Gasteiger partial charge in [0.15, 0.2) is 11.5 Å². The van der Waals surface area contributed by atoms with Crippen molar-refractivity contribution in [3.05, 3.63) is 29.8 Å². The zero-order valence-electron chi connectivity index (χ0n) is 10.2. The highest BCUT2D eigenvalue weighted by atomic mass is 35.5. The molecule has 1 rings (SSSR count). The molecule has 0 saturated carbocycles. The summed E-state index contributed by atoms with van der Waals surface area (Å²) in [5.41, 5.74) is 0.635. The molecule has 1 aromatic carbocycles. The molecule has 6 nitrogen and oxygen atoms in total. The predicted octanol–water partition coefficient (Wildman–Crippen LogP) is 2.55. The number of hydrogen-bond acceptors (Lipinski definition) is 6. The zero-order valence-corrected chi connectivity index (χ0v) is 11.0. The van der Waals surface area contributed by atoms with Crippen LogP contribution >= 0.6 is 11.9 Å². The summed E-state index contributed by atoms with van der Waals surface area (Å²) in [6, 6.07) is 4.68. The van der Waals surface area contributed by atoms with Crippen LogP contribution in [0.4, 0.5) is 4.79 Å². The number of rotatable bonds is 4. The maximum atomic E-state index is 11.0. The first-order valence-corrected chi connectivity index (χ1v) is 5.36. The van der Waals surface area contributed by atoms with Gasteiger partial charge in [-0.05, 0) is 23.8 Å². The highest BCUT2D eigenvalue weighted by Crippen LogP contribution is 2.28. The molecule has 0 heterocycles. The fourth-order valence-corrected chi connectivity index (χ4v) is 1.25. The van der Waals surface area contributed by atoms with Crippen LogP contribution in [0.3, 0.4) is 0 Å². The van der Waals surface area contributed by atoms with E-state index < -0.39 is 12.1 Å². The lowest BCUT2D eigenvalue weighted by Crippen LogP contribution is -2.08. The van der Waals surface area contributed by atoms with Crippen molar-refractivity contribution in [1.29, 1.82) is 0 Å². The third-order valence-electron chi connectivity index (χ3n) is 2.04. The van der Waals surface area contributed by atoms with Crippen molar-refractivity contribution in [2.24, 2.45) is 0 Å². The number of ether oxygens (including phenoxy) is 3. The first-order valence-electron chi connectivity index (χ1n) is 5.05. The van der Waals surface area contributed by atoms with Gasteiger partial charge < -0.3 is 18.5 Å². The van der Waals surface area contributed by atoms with Gasteiger partial charge in [0.2, 0.25) is 0 Å². The molecule has 0 aromatic heterocycles. The van der Waals surface area contributed by atoms with Crippen LogP contribution in [-0.4, -0.2) is 26.3 Å². The van der Waals surface area contributed by atoms with Crippen LogP contribution in [-0.2, 0) is 13.8 Å². The summed E-state index contributed by atoms with van der Waals surface area (Å²) in [5.74, 6) is -0.186. The second-order valence-corrected chi connectivity index (χ2v) is 3.35. The molecule has 0 saturated heterocycles. The predicted molar refractivity (Wildman–Crippen MR) is 67.0 cm³/mol. The molecular weight excluding hydrogens is 276 g/mol. The molecule has 0 N–H and O–H groups in total. The highest BCUT2D eigenvalue weighted by molar-refractivity contribution is 6.15. The molecule has 0 radical (unpaired) electrons. The third kappa shape index (κ3) is 4.51. The normalized spacial score (nSPS) is 10.1. The largest absolute Gasteiger partial charge is 0.513 e. The summed E-state index contributed by atoms with van der Waals surface area (Å²) in [5, 5.41) is 0. The molecule has 0 fully saturated rings. The molecular formula is C12H11ClO6. The minimum Gasteiger partial charge on any atom is -0.493 e. The quantitative estimate of drug-likeness (QED) is 0.481. The lowest BCUT2D eigenvalue weighted by molar-refractivity contribution is -0.128. The monoisotopic (exact) mass is 286 g/mol. The lowest BCUT2D eigenvalue weighted by Gasteiger charge is -2.08. The van der Waals surface area contributed by atoms with Crippen molar-refractivity contribution in [3.63, 3.8) is 0 Å². The Morgan fingerprint density at radius 2 is 1.95 bits per heavy atom. The Morgan fingerprint density at radius 3 is 2.53 bits per heavy atom. The number of methoxy groups -OCH3 is 2. The van der Waals surface area contributed by atoms with E-state index in [4.69, 9.17) is 21.3 Å². The smallest absolute Gasteiger partial charge is 0.493 e.